The Labute approximate surface area is 116 Å². The summed E-state index contributed by atoms with van der Waals surface area (Å²) < 4.78 is 12.2. The predicted octanol–water partition coefficient (Wildman–Crippen LogP) is 2.19. The summed E-state index contributed by atoms with van der Waals surface area (Å²) in [5.41, 5.74) is 0.583. The first-order valence-corrected chi connectivity index (χ1v) is 6.20. The molecule has 0 atom stereocenters. The minimum absolute atomic E-state index is 0.0285. The number of aromatic nitrogens is 2. The standard InChI is InChI=1S/C14H16N2O4/c1-3-16-8-10(15-13(16)14(17)18)9-20-12-6-4-11(19-2)5-7-12/h4-8H,3,9H2,1-2H3,(H,17,18). The largest absolute Gasteiger partial charge is 0.497 e. The Morgan fingerprint density at radius 1 is 1.30 bits per heavy atom. The Hall–Kier alpha value is -2.50. The van der Waals surface area contributed by atoms with Gasteiger partial charge in [-0.3, -0.25) is 0 Å². The van der Waals surface area contributed by atoms with Crippen molar-refractivity contribution in [2.75, 3.05) is 7.11 Å². The molecule has 0 aliphatic carbocycles. The normalized spacial score (nSPS) is 10.3. The fourth-order valence-corrected chi connectivity index (χ4v) is 1.78. The van der Waals surface area contributed by atoms with Gasteiger partial charge < -0.3 is 19.1 Å². The SMILES string of the molecule is CCn1cc(COc2ccc(OC)cc2)nc1C(=O)O. The van der Waals surface area contributed by atoms with E-state index in [0.717, 1.165) is 5.75 Å². The van der Waals surface area contributed by atoms with Gasteiger partial charge in [0.15, 0.2) is 0 Å². The van der Waals surface area contributed by atoms with E-state index < -0.39 is 5.97 Å². The lowest BCUT2D eigenvalue weighted by molar-refractivity contribution is 0.0678. The summed E-state index contributed by atoms with van der Waals surface area (Å²) in [5.74, 6) is 0.415. The van der Waals surface area contributed by atoms with Crippen molar-refractivity contribution >= 4 is 5.97 Å². The molecule has 20 heavy (non-hydrogen) atoms. The zero-order chi connectivity index (χ0) is 14.5. The smallest absolute Gasteiger partial charge is 0.372 e. The summed E-state index contributed by atoms with van der Waals surface area (Å²) in [4.78, 5) is 15.0. The molecule has 0 saturated carbocycles. The van der Waals surface area contributed by atoms with Crippen LogP contribution in [0.2, 0.25) is 0 Å². The number of hydrogen-bond donors (Lipinski definition) is 1. The first-order valence-electron chi connectivity index (χ1n) is 6.20. The third-order valence-electron chi connectivity index (χ3n) is 2.80. The van der Waals surface area contributed by atoms with Crippen molar-refractivity contribution in [1.29, 1.82) is 0 Å². The van der Waals surface area contributed by atoms with Crippen LogP contribution >= 0.6 is 0 Å². The number of aromatic carboxylic acids is 1. The lowest BCUT2D eigenvalue weighted by Gasteiger charge is -2.05. The molecule has 0 aliphatic rings. The molecule has 0 bridgehead atoms. The molecule has 1 aromatic heterocycles. The number of hydrogen-bond acceptors (Lipinski definition) is 4. The van der Waals surface area contributed by atoms with Crippen LogP contribution in [0.25, 0.3) is 0 Å². The molecule has 0 spiro atoms. The molecule has 1 aromatic carbocycles. The van der Waals surface area contributed by atoms with Crippen LogP contribution in [-0.2, 0) is 13.2 Å². The lowest BCUT2D eigenvalue weighted by Crippen LogP contribution is -2.07. The number of carboxylic acids is 1. The van der Waals surface area contributed by atoms with Crippen LogP contribution in [-0.4, -0.2) is 27.7 Å². The van der Waals surface area contributed by atoms with Crippen LogP contribution in [0.1, 0.15) is 23.2 Å². The van der Waals surface area contributed by atoms with Gasteiger partial charge in [0, 0.05) is 12.7 Å². The number of aryl methyl sites for hydroxylation is 1. The molecule has 0 fully saturated rings. The van der Waals surface area contributed by atoms with E-state index in [4.69, 9.17) is 14.6 Å². The van der Waals surface area contributed by atoms with Gasteiger partial charge in [0.1, 0.15) is 18.1 Å². The van der Waals surface area contributed by atoms with E-state index >= 15 is 0 Å². The van der Waals surface area contributed by atoms with E-state index in [2.05, 4.69) is 4.98 Å². The number of carboxylic acid groups (broad SMARTS) is 1. The van der Waals surface area contributed by atoms with Crippen molar-refractivity contribution in [1.82, 2.24) is 9.55 Å². The second-order valence-corrected chi connectivity index (χ2v) is 4.11. The molecule has 0 unspecified atom stereocenters. The van der Waals surface area contributed by atoms with Crippen molar-refractivity contribution in [3.63, 3.8) is 0 Å². The number of ether oxygens (including phenoxy) is 2. The Bertz CT molecular complexity index is 590. The van der Waals surface area contributed by atoms with E-state index in [1.807, 2.05) is 6.92 Å². The van der Waals surface area contributed by atoms with E-state index in [1.54, 1.807) is 42.1 Å². The third kappa shape index (κ3) is 3.09. The fourth-order valence-electron chi connectivity index (χ4n) is 1.78. The zero-order valence-electron chi connectivity index (χ0n) is 11.4. The van der Waals surface area contributed by atoms with E-state index in [-0.39, 0.29) is 12.4 Å². The van der Waals surface area contributed by atoms with E-state index in [0.29, 0.717) is 18.0 Å². The monoisotopic (exact) mass is 276 g/mol. The number of rotatable bonds is 6. The van der Waals surface area contributed by atoms with Crippen LogP contribution in [0, 0.1) is 0 Å². The van der Waals surface area contributed by atoms with Crippen molar-refractivity contribution in [2.45, 2.75) is 20.1 Å². The number of nitrogens with zero attached hydrogens (tertiary/aromatic N) is 2. The molecule has 0 radical (unpaired) electrons. The van der Waals surface area contributed by atoms with Gasteiger partial charge in [-0.15, -0.1) is 0 Å². The van der Waals surface area contributed by atoms with Crippen molar-refractivity contribution in [3.05, 3.63) is 42.0 Å². The highest BCUT2D eigenvalue weighted by Gasteiger charge is 2.13. The number of methoxy groups -OCH3 is 1. The van der Waals surface area contributed by atoms with Gasteiger partial charge in [0.25, 0.3) is 0 Å². The first kappa shape index (κ1) is 13.9. The zero-order valence-corrected chi connectivity index (χ0v) is 11.4. The molecular weight excluding hydrogens is 260 g/mol. The molecule has 106 valence electrons. The quantitative estimate of drug-likeness (QED) is 0.875. The lowest BCUT2D eigenvalue weighted by atomic mass is 10.3. The molecule has 2 rings (SSSR count). The Balaban J connectivity index is 2.04. The molecule has 0 aliphatic heterocycles. The summed E-state index contributed by atoms with van der Waals surface area (Å²) in [7, 11) is 1.60. The Morgan fingerprint density at radius 2 is 1.95 bits per heavy atom. The van der Waals surface area contributed by atoms with Gasteiger partial charge >= 0.3 is 5.97 Å². The van der Waals surface area contributed by atoms with Gasteiger partial charge in [0.2, 0.25) is 5.82 Å². The maximum absolute atomic E-state index is 11.0. The summed E-state index contributed by atoms with van der Waals surface area (Å²) >= 11 is 0. The second-order valence-electron chi connectivity index (χ2n) is 4.11. The van der Waals surface area contributed by atoms with Gasteiger partial charge in [-0.05, 0) is 31.2 Å². The van der Waals surface area contributed by atoms with E-state index in [9.17, 15) is 4.79 Å². The van der Waals surface area contributed by atoms with Gasteiger partial charge in [0.05, 0.1) is 12.8 Å². The van der Waals surface area contributed by atoms with Crippen LogP contribution in [0.15, 0.2) is 30.5 Å². The minimum Gasteiger partial charge on any atom is -0.497 e. The summed E-state index contributed by atoms with van der Waals surface area (Å²) in [6.07, 6.45) is 1.69. The topological polar surface area (TPSA) is 73.6 Å². The fraction of sp³-hybridized carbons (Fsp3) is 0.286. The molecule has 0 amide bonds. The van der Waals surface area contributed by atoms with Crippen LogP contribution in [0.3, 0.4) is 0 Å². The molecule has 2 aromatic rings. The van der Waals surface area contributed by atoms with E-state index in [1.165, 1.54) is 0 Å². The van der Waals surface area contributed by atoms with Gasteiger partial charge in [-0.25, -0.2) is 9.78 Å². The minimum atomic E-state index is -1.04. The van der Waals surface area contributed by atoms with Crippen LogP contribution in [0.5, 0.6) is 11.5 Å². The first-order chi connectivity index (χ1) is 9.63. The highest BCUT2D eigenvalue weighted by Crippen LogP contribution is 2.18. The molecule has 1 heterocycles. The molecule has 1 N–H and O–H groups in total. The average Bonchev–Trinajstić information content (AvgIpc) is 2.89. The maximum Gasteiger partial charge on any atom is 0.372 e. The summed E-state index contributed by atoms with van der Waals surface area (Å²) in [5, 5.41) is 9.01. The molecule has 6 heteroatoms. The Kier molecular flexibility index (Phi) is 4.24. The summed E-state index contributed by atoms with van der Waals surface area (Å²) in [6.45, 7) is 2.64. The molecule has 0 saturated heterocycles. The average molecular weight is 276 g/mol. The van der Waals surface area contributed by atoms with Gasteiger partial charge in [-0.2, -0.15) is 0 Å². The third-order valence-corrected chi connectivity index (χ3v) is 2.80. The van der Waals surface area contributed by atoms with Crippen LogP contribution < -0.4 is 9.47 Å². The number of benzene rings is 1. The molecular formula is C14H16N2O4. The van der Waals surface area contributed by atoms with Crippen molar-refractivity contribution in [3.8, 4) is 11.5 Å². The highest BCUT2D eigenvalue weighted by molar-refractivity contribution is 5.83. The van der Waals surface area contributed by atoms with Crippen molar-refractivity contribution < 1.29 is 19.4 Å². The highest BCUT2D eigenvalue weighted by atomic mass is 16.5. The number of imidazole rings is 1. The predicted molar refractivity (Wildman–Crippen MR) is 72.2 cm³/mol. The summed E-state index contributed by atoms with van der Waals surface area (Å²) in [6, 6.07) is 7.16. The molecule has 6 nitrogen and oxygen atoms in total. The van der Waals surface area contributed by atoms with Gasteiger partial charge in [-0.1, -0.05) is 0 Å². The van der Waals surface area contributed by atoms with Crippen LogP contribution in [0.4, 0.5) is 0 Å². The van der Waals surface area contributed by atoms with Crippen molar-refractivity contribution in [2.24, 2.45) is 0 Å². The number of carbonyl (C=O) groups is 1. The maximum atomic E-state index is 11.0. The Morgan fingerprint density at radius 3 is 2.45 bits per heavy atom. The second kappa shape index (κ2) is 6.10.